The molecule has 42 heavy (non-hydrogen) atoms. The van der Waals surface area contributed by atoms with E-state index in [9.17, 15) is 4.79 Å². The number of halogens is 3. The minimum Gasteiger partial charge on any atom is -0.490 e. The monoisotopic (exact) mass is 749 g/mol. The SMILES string of the molecule is CCOc1cc(C=Nn2c(-c3cc4ccccc4o3)nc3ccccc3c2=O)c(Br)c(Br)c1OCc1ccc(Br)cc1. The molecule has 0 N–H and O–H groups in total. The van der Waals surface area contributed by atoms with Crippen LogP contribution in [0.25, 0.3) is 33.5 Å². The van der Waals surface area contributed by atoms with Gasteiger partial charge in [0.25, 0.3) is 5.56 Å². The second-order valence-corrected chi connectivity index (χ2v) is 11.7. The van der Waals surface area contributed by atoms with Crippen molar-refractivity contribution in [3.63, 3.8) is 0 Å². The van der Waals surface area contributed by atoms with E-state index in [1.807, 2.05) is 73.7 Å². The number of para-hydroxylation sites is 2. The highest BCUT2D eigenvalue weighted by Gasteiger charge is 2.19. The summed E-state index contributed by atoms with van der Waals surface area (Å²) in [5.41, 5.74) is 2.60. The summed E-state index contributed by atoms with van der Waals surface area (Å²) in [6.45, 7) is 2.69. The lowest BCUT2D eigenvalue weighted by molar-refractivity contribution is 0.267. The van der Waals surface area contributed by atoms with Crippen LogP contribution >= 0.6 is 47.8 Å². The van der Waals surface area contributed by atoms with Gasteiger partial charge in [-0.1, -0.05) is 58.4 Å². The standard InChI is InChI=1S/C32H22Br3N3O4/c1-2-40-26-16-21(28(34)29(35)30(26)41-18-19-11-13-22(33)14-12-19)17-36-38-31(27-15-20-7-3-6-10-25(20)42-27)37-24-9-5-4-8-23(24)32(38)39/h3-17H,2,18H2,1H3. The van der Waals surface area contributed by atoms with Gasteiger partial charge in [0.1, 0.15) is 12.2 Å². The van der Waals surface area contributed by atoms with Gasteiger partial charge in [-0.3, -0.25) is 4.79 Å². The molecule has 0 aliphatic heterocycles. The van der Waals surface area contributed by atoms with E-state index in [4.69, 9.17) is 18.9 Å². The summed E-state index contributed by atoms with van der Waals surface area (Å²) in [6.07, 6.45) is 1.58. The average molecular weight is 752 g/mol. The molecule has 0 atom stereocenters. The topological polar surface area (TPSA) is 78.9 Å². The predicted octanol–water partition coefficient (Wildman–Crippen LogP) is 8.96. The molecular weight excluding hydrogens is 730 g/mol. The van der Waals surface area contributed by atoms with Gasteiger partial charge in [0.15, 0.2) is 17.3 Å². The van der Waals surface area contributed by atoms with Crippen molar-refractivity contribution in [2.75, 3.05) is 6.61 Å². The number of rotatable bonds is 8. The smallest absolute Gasteiger partial charge is 0.282 e. The maximum absolute atomic E-state index is 13.7. The third-order valence-electron chi connectivity index (χ3n) is 6.46. The minimum absolute atomic E-state index is 0.292. The van der Waals surface area contributed by atoms with Crippen LogP contribution in [0.3, 0.4) is 0 Å². The molecule has 0 saturated heterocycles. The molecule has 7 nitrogen and oxygen atoms in total. The summed E-state index contributed by atoms with van der Waals surface area (Å²) in [5, 5.41) is 5.96. The fraction of sp³-hybridized carbons (Fsp3) is 0.0938. The Bertz CT molecular complexity index is 1980. The van der Waals surface area contributed by atoms with Crippen molar-refractivity contribution in [3.8, 4) is 23.1 Å². The maximum Gasteiger partial charge on any atom is 0.282 e. The van der Waals surface area contributed by atoms with Gasteiger partial charge < -0.3 is 13.9 Å². The van der Waals surface area contributed by atoms with Gasteiger partial charge in [-0.2, -0.15) is 9.78 Å². The molecule has 0 fully saturated rings. The van der Waals surface area contributed by atoms with Crippen molar-refractivity contribution in [2.24, 2.45) is 5.10 Å². The number of aromatic nitrogens is 2. The molecule has 0 aliphatic rings. The first-order valence-electron chi connectivity index (χ1n) is 13.0. The lowest BCUT2D eigenvalue weighted by Gasteiger charge is -2.16. The number of hydrogen-bond donors (Lipinski definition) is 0. The van der Waals surface area contributed by atoms with Gasteiger partial charge in [0, 0.05) is 19.9 Å². The molecule has 6 rings (SSSR count). The predicted molar refractivity (Wildman–Crippen MR) is 176 cm³/mol. The largest absolute Gasteiger partial charge is 0.490 e. The highest BCUT2D eigenvalue weighted by molar-refractivity contribution is 9.13. The van der Waals surface area contributed by atoms with Crippen LogP contribution in [0.15, 0.2) is 113 Å². The summed E-state index contributed by atoms with van der Waals surface area (Å²) < 4.78 is 21.8. The average Bonchev–Trinajstić information content (AvgIpc) is 3.44. The Labute approximate surface area is 266 Å². The van der Waals surface area contributed by atoms with E-state index in [1.54, 1.807) is 24.4 Å². The summed E-state index contributed by atoms with van der Waals surface area (Å²) >= 11 is 10.8. The summed E-state index contributed by atoms with van der Waals surface area (Å²) in [6, 6.07) is 26.4. The van der Waals surface area contributed by atoms with Crippen molar-refractivity contribution in [1.29, 1.82) is 0 Å². The highest BCUT2D eigenvalue weighted by atomic mass is 79.9. The van der Waals surface area contributed by atoms with Crippen molar-refractivity contribution in [2.45, 2.75) is 13.5 Å². The van der Waals surface area contributed by atoms with Gasteiger partial charge >= 0.3 is 0 Å². The highest BCUT2D eigenvalue weighted by Crippen LogP contribution is 2.43. The molecule has 0 spiro atoms. The van der Waals surface area contributed by atoms with Crippen molar-refractivity contribution < 1.29 is 13.9 Å². The lowest BCUT2D eigenvalue weighted by Crippen LogP contribution is -2.20. The van der Waals surface area contributed by atoms with Crippen LogP contribution < -0.4 is 15.0 Å². The van der Waals surface area contributed by atoms with Gasteiger partial charge in [0.2, 0.25) is 5.82 Å². The Morgan fingerprint density at radius 1 is 0.929 bits per heavy atom. The quantitative estimate of drug-likeness (QED) is 0.145. The van der Waals surface area contributed by atoms with E-state index in [0.29, 0.717) is 67.3 Å². The third-order valence-corrected chi connectivity index (χ3v) is 9.14. The van der Waals surface area contributed by atoms with E-state index in [1.165, 1.54) is 4.68 Å². The summed E-state index contributed by atoms with van der Waals surface area (Å²) in [4.78, 5) is 18.4. The molecule has 0 amide bonds. The van der Waals surface area contributed by atoms with E-state index < -0.39 is 0 Å². The van der Waals surface area contributed by atoms with Crippen LogP contribution in [0, 0.1) is 0 Å². The minimum atomic E-state index is -0.318. The molecule has 0 radical (unpaired) electrons. The van der Waals surface area contributed by atoms with E-state index >= 15 is 0 Å². The molecule has 0 bridgehead atoms. The number of nitrogens with zero attached hydrogens (tertiary/aromatic N) is 3. The molecule has 0 saturated carbocycles. The first-order chi connectivity index (χ1) is 20.4. The summed E-state index contributed by atoms with van der Waals surface area (Å²) in [7, 11) is 0. The molecule has 210 valence electrons. The lowest BCUT2D eigenvalue weighted by atomic mass is 10.2. The van der Waals surface area contributed by atoms with Crippen molar-refractivity contribution in [1.82, 2.24) is 9.66 Å². The van der Waals surface area contributed by atoms with E-state index in [0.717, 1.165) is 15.4 Å². The van der Waals surface area contributed by atoms with Gasteiger partial charge in [-0.25, -0.2) is 4.98 Å². The van der Waals surface area contributed by atoms with Gasteiger partial charge in [-0.05, 0) is 86.8 Å². The molecule has 6 aromatic rings. The van der Waals surface area contributed by atoms with E-state index in [2.05, 4.69) is 52.9 Å². The molecule has 0 unspecified atom stereocenters. The number of hydrogen-bond acceptors (Lipinski definition) is 6. The van der Waals surface area contributed by atoms with Crippen LogP contribution in [0.4, 0.5) is 0 Å². The second-order valence-electron chi connectivity index (χ2n) is 9.23. The van der Waals surface area contributed by atoms with Gasteiger partial charge in [0.05, 0.1) is 28.2 Å². The van der Waals surface area contributed by atoms with Crippen LogP contribution in [0.2, 0.25) is 0 Å². The molecule has 10 heteroatoms. The Kier molecular flexibility index (Phi) is 8.28. The third kappa shape index (κ3) is 5.66. The zero-order valence-corrected chi connectivity index (χ0v) is 26.9. The van der Waals surface area contributed by atoms with Crippen LogP contribution in [-0.2, 0) is 6.61 Å². The first kappa shape index (κ1) is 28.4. The molecule has 2 aromatic heterocycles. The van der Waals surface area contributed by atoms with Crippen molar-refractivity contribution in [3.05, 3.63) is 120 Å². The van der Waals surface area contributed by atoms with Crippen molar-refractivity contribution >= 4 is 75.9 Å². The Morgan fingerprint density at radius 2 is 1.69 bits per heavy atom. The Morgan fingerprint density at radius 3 is 2.48 bits per heavy atom. The fourth-order valence-electron chi connectivity index (χ4n) is 4.43. The summed E-state index contributed by atoms with van der Waals surface area (Å²) in [5.74, 6) is 1.81. The number of fused-ring (bicyclic) bond motifs is 2. The van der Waals surface area contributed by atoms with Crippen LogP contribution in [0.1, 0.15) is 18.1 Å². The zero-order chi connectivity index (χ0) is 29.2. The van der Waals surface area contributed by atoms with Gasteiger partial charge in [-0.15, -0.1) is 0 Å². The molecular formula is C32H22Br3N3O4. The Balaban J connectivity index is 1.43. The zero-order valence-electron chi connectivity index (χ0n) is 22.2. The maximum atomic E-state index is 13.7. The van der Waals surface area contributed by atoms with Crippen LogP contribution in [0.5, 0.6) is 11.5 Å². The number of furan rings is 1. The molecule has 0 aliphatic carbocycles. The van der Waals surface area contributed by atoms with Crippen LogP contribution in [-0.4, -0.2) is 22.5 Å². The fourth-order valence-corrected chi connectivity index (χ4v) is 5.63. The molecule has 2 heterocycles. The second kappa shape index (κ2) is 12.2. The molecule has 4 aromatic carbocycles. The Hall–Kier alpha value is -3.73. The first-order valence-corrected chi connectivity index (χ1v) is 15.4. The van der Waals surface area contributed by atoms with E-state index in [-0.39, 0.29) is 5.56 Å². The number of benzene rings is 4. The number of ether oxygens (including phenoxy) is 2. The normalized spacial score (nSPS) is 11.5.